The molecule has 0 atom stereocenters. The highest BCUT2D eigenvalue weighted by molar-refractivity contribution is 6.30. The summed E-state index contributed by atoms with van der Waals surface area (Å²) in [7, 11) is 2.77. The Bertz CT molecular complexity index is 2150. The summed E-state index contributed by atoms with van der Waals surface area (Å²) in [5.41, 5.74) is -1.35. The standard InChI is InChI=1S/C36H36ClFN6O6/c1-22-12-16-43(17-13-22)15-4-18-49-32-21-28-26(20-31(32)48-3)29(11-14-39-28)50-30-10-7-24(19-27(30)38)40-34(45)33-35(46)42(2)36(47)44(41-33)25-8-5-23(37)6-9-25/h5-11,14,19-22H,4,12-13,15-18H2,1-3H3,(H,40,45). The molecule has 0 aliphatic carbocycles. The molecule has 1 saturated heterocycles. The summed E-state index contributed by atoms with van der Waals surface area (Å²) in [6.07, 6.45) is 4.89. The van der Waals surface area contributed by atoms with Gasteiger partial charge in [-0.15, -0.1) is 0 Å². The van der Waals surface area contributed by atoms with Crippen molar-refractivity contribution in [2.45, 2.75) is 26.2 Å². The molecule has 1 amide bonds. The van der Waals surface area contributed by atoms with Crippen LogP contribution in [0.25, 0.3) is 16.6 Å². The first-order valence-corrected chi connectivity index (χ1v) is 16.6. The lowest BCUT2D eigenvalue weighted by molar-refractivity contribution is 0.101. The third kappa shape index (κ3) is 7.63. The van der Waals surface area contributed by atoms with Gasteiger partial charge in [0.15, 0.2) is 23.1 Å². The zero-order chi connectivity index (χ0) is 35.4. The number of halogens is 2. The van der Waals surface area contributed by atoms with E-state index in [2.05, 4.69) is 27.2 Å². The minimum atomic E-state index is -0.937. The number of carbonyl (C=O) groups excluding carboxylic acids is 1. The normalized spacial score (nSPS) is 13.7. The van der Waals surface area contributed by atoms with E-state index in [1.165, 1.54) is 56.3 Å². The van der Waals surface area contributed by atoms with E-state index in [1.54, 1.807) is 31.5 Å². The Kier molecular flexibility index (Phi) is 10.4. The van der Waals surface area contributed by atoms with Gasteiger partial charge in [-0.3, -0.25) is 19.1 Å². The van der Waals surface area contributed by atoms with Gasteiger partial charge in [-0.1, -0.05) is 18.5 Å². The van der Waals surface area contributed by atoms with Gasteiger partial charge < -0.3 is 24.4 Å². The zero-order valence-electron chi connectivity index (χ0n) is 27.8. The average Bonchev–Trinajstić information content (AvgIpc) is 3.11. The number of benzene rings is 3. The molecular formula is C36H36ClFN6O6. The van der Waals surface area contributed by atoms with E-state index in [9.17, 15) is 14.4 Å². The molecule has 1 aliphatic heterocycles. The molecule has 0 bridgehead atoms. The predicted octanol–water partition coefficient (Wildman–Crippen LogP) is 5.83. The molecule has 6 rings (SSSR count). The Labute approximate surface area is 292 Å². The van der Waals surface area contributed by atoms with Crippen molar-refractivity contribution in [2.75, 3.05) is 38.7 Å². The van der Waals surface area contributed by atoms with Gasteiger partial charge in [0.05, 0.1) is 24.9 Å². The molecular weight excluding hydrogens is 667 g/mol. The second-order valence-corrected chi connectivity index (χ2v) is 12.6. The van der Waals surface area contributed by atoms with Crippen LogP contribution in [-0.4, -0.2) is 63.5 Å². The lowest BCUT2D eigenvalue weighted by Crippen LogP contribution is -2.43. The molecule has 3 heterocycles. The van der Waals surface area contributed by atoms with Gasteiger partial charge >= 0.3 is 5.69 Å². The molecule has 5 aromatic rings. The maximum Gasteiger partial charge on any atom is 0.351 e. The molecule has 1 fully saturated rings. The van der Waals surface area contributed by atoms with Gasteiger partial charge in [0.25, 0.3) is 11.5 Å². The highest BCUT2D eigenvalue weighted by Gasteiger charge is 2.21. The predicted molar refractivity (Wildman–Crippen MR) is 188 cm³/mol. The van der Waals surface area contributed by atoms with Gasteiger partial charge in [-0.05, 0) is 86.8 Å². The number of nitrogens with zero attached hydrogens (tertiary/aromatic N) is 5. The second kappa shape index (κ2) is 15.1. The number of methoxy groups -OCH3 is 1. The van der Waals surface area contributed by atoms with Crippen LogP contribution in [0.4, 0.5) is 10.1 Å². The molecule has 0 radical (unpaired) electrons. The Morgan fingerprint density at radius 2 is 1.76 bits per heavy atom. The first-order chi connectivity index (χ1) is 24.1. The van der Waals surface area contributed by atoms with Crippen molar-refractivity contribution in [3.63, 3.8) is 0 Å². The Balaban J connectivity index is 1.16. The molecule has 50 heavy (non-hydrogen) atoms. The zero-order valence-corrected chi connectivity index (χ0v) is 28.6. The second-order valence-electron chi connectivity index (χ2n) is 12.1. The molecule has 14 heteroatoms. The molecule has 12 nitrogen and oxygen atoms in total. The number of nitrogens with one attached hydrogen (secondary N) is 1. The monoisotopic (exact) mass is 702 g/mol. The van der Waals surface area contributed by atoms with Gasteiger partial charge in [-0.25, -0.2) is 9.18 Å². The third-order valence-corrected chi connectivity index (χ3v) is 8.86. The number of aromatic nitrogens is 4. The number of piperidine rings is 1. The van der Waals surface area contributed by atoms with Crippen LogP contribution in [0.5, 0.6) is 23.0 Å². The summed E-state index contributed by atoms with van der Waals surface area (Å²) in [6, 6.07) is 15.0. The fraction of sp³-hybridized carbons (Fsp3) is 0.306. The number of carbonyl (C=O) groups is 1. The number of amides is 1. The number of fused-ring (bicyclic) bond motifs is 1. The largest absolute Gasteiger partial charge is 0.493 e. The smallest absolute Gasteiger partial charge is 0.351 e. The van der Waals surface area contributed by atoms with Crippen molar-refractivity contribution in [1.29, 1.82) is 0 Å². The van der Waals surface area contributed by atoms with Crippen molar-refractivity contribution in [1.82, 2.24) is 24.2 Å². The lowest BCUT2D eigenvalue weighted by Gasteiger charge is -2.30. The number of hydrogen-bond acceptors (Lipinski definition) is 9. The molecule has 1 aliphatic rings. The van der Waals surface area contributed by atoms with Crippen LogP contribution in [0.15, 0.2) is 76.4 Å². The van der Waals surface area contributed by atoms with Gasteiger partial charge in [-0.2, -0.15) is 9.78 Å². The van der Waals surface area contributed by atoms with Crippen molar-refractivity contribution in [2.24, 2.45) is 13.0 Å². The van der Waals surface area contributed by atoms with Gasteiger partial charge in [0.2, 0.25) is 5.69 Å². The third-order valence-electron chi connectivity index (χ3n) is 8.61. The van der Waals surface area contributed by atoms with Crippen molar-refractivity contribution in [3.05, 3.63) is 104 Å². The maximum atomic E-state index is 15.4. The summed E-state index contributed by atoms with van der Waals surface area (Å²) in [5, 5.41) is 7.46. The van der Waals surface area contributed by atoms with Crippen LogP contribution < -0.4 is 30.8 Å². The highest BCUT2D eigenvalue weighted by Crippen LogP contribution is 2.38. The van der Waals surface area contributed by atoms with E-state index in [4.69, 9.17) is 25.8 Å². The summed E-state index contributed by atoms with van der Waals surface area (Å²) < 4.78 is 34.7. The van der Waals surface area contributed by atoms with Crippen LogP contribution in [0, 0.1) is 11.7 Å². The fourth-order valence-corrected chi connectivity index (χ4v) is 5.81. The summed E-state index contributed by atoms with van der Waals surface area (Å²) in [6.45, 7) is 6.03. The molecule has 0 unspecified atom stereocenters. The van der Waals surface area contributed by atoms with Gasteiger partial charge in [0.1, 0.15) is 5.75 Å². The minimum absolute atomic E-state index is 0.0332. The molecule has 260 valence electrons. The topological polar surface area (TPSA) is 130 Å². The highest BCUT2D eigenvalue weighted by atomic mass is 35.5. The molecule has 0 saturated carbocycles. The van der Waals surface area contributed by atoms with Crippen LogP contribution in [0.2, 0.25) is 5.02 Å². The van der Waals surface area contributed by atoms with Crippen molar-refractivity contribution >= 4 is 34.1 Å². The quantitative estimate of drug-likeness (QED) is 0.169. The number of rotatable bonds is 11. The first-order valence-electron chi connectivity index (χ1n) is 16.2. The van der Waals surface area contributed by atoms with Crippen LogP contribution >= 0.6 is 11.6 Å². The number of anilines is 1. The molecule has 3 aromatic carbocycles. The van der Waals surface area contributed by atoms with E-state index >= 15 is 4.39 Å². The van der Waals surface area contributed by atoms with Gasteiger partial charge in [0, 0.05) is 48.0 Å². The number of likely N-dealkylation sites (tertiary alicyclic amines) is 1. The number of ether oxygens (including phenoxy) is 3. The Morgan fingerprint density at radius 3 is 2.48 bits per heavy atom. The SMILES string of the molecule is COc1cc2c(Oc3ccc(NC(=O)c4nn(-c5ccc(Cl)cc5)c(=O)n(C)c4=O)cc3F)ccnc2cc1OCCCN1CCC(C)CC1. The maximum absolute atomic E-state index is 15.4. The molecule has 2 aromatic heterocycles. The van der Waals surface area contributed by atoms with E-state index in [0.29, 0.717) is 45.5 Å². The number of pyridine rings is 1. The Morgan fingerprint density at radius 1 is 1.00 bits per heavy atom. The van der Waals surface area contributed by atoms with E-state index in [0.717, 1.165) is 47.3 Å². The summed E-state index contributed by atoms with van der Waals surface area (Å²) in [5.74, 6) is 0.317. The van der Waals surface area contributed by atoms with E-state index < -0.39 is 28.7 Å². The fourth-order valence-electron chi connectivity index (χ4n) is 5.68. The van der Waals surface area contributed by atoms with Crippen molar-refractivity contribution < 1.29 is 23.4 Å². The average molecular weight is 703 g/mol. The lowest BCUT2D eigenvalue weighted by atomic mass is 9.99. The summed E-state index contributed by atoms with van der Waals surface area (Å²) in [4.78, 5) is 45.5. The van der Waals surface area contributed by atoms with Crippen LogP contribution in [-0.2, 0) is 7.05 Å². The Hall–Kier alpha value is -5.27. The van der Waals surface area contributed by atoms with Crippen LogP contribution in [0.3, 0.4) is 0 Å². The summed E-state index contributed by atoms with van der Waals surface area (Å²) >= 11 is 5.94. The van der Waals surface area contributed by atoms with Crippen molar-refractivity contribution in [3.8, 4) is 28.7 Å². The molecule has 0 spiro atoms. The van der Waals surface area contributed by atoms with Crippen LogP contribution in [0.1, 0.15) is 36.7 Å². The molecule has 1 N–H and O–H groups in total. The number of hydrogen-bond donors (Lipinski definition) is 1. The van der Waals surface area contributed by atoms with E-state index in [-0.39, 0.29) is 11.4 Å². The minimum Gasteiger partial charge on any atom is -0.493 e. The van der Waals surface area contributed by atoms with E-state index in [1.807, 2.05) is 0 Å². The first kappa shape index (κ1) is 34.6.